The highest BCUT2D eigenvalue weighted by Gasteiger charge is 2.40. The molecule has 1 aromatic rings. The molecule has 2 saturated carbocycles. The fraction of sp³-hybridized carbons (Fsp3) is 0.714. The zero-order chi connectivity index (χ0) is 15.8. The van der Waals surface area contributed by atoms with Crippen molar-refractivity contribution >= 4 is 0 Å². The first kappa shape index (κ1) is 15.9. The highest BCUT2D eigenvalue weighted by atomic mass is 16.3. The molecular weight excluding hydrogens is 268 g/mol. The molecule has 1 N–H and O–H groups in total. The SMILES string of the molecule is Cc1ccc(O)c(C2(C)CCCCC2)c1C1(C)CCCCC1. The molecule has 0 aliphatic heterocycles. The fourth-order valence-corrected chi connectivity index (χ4v) is 5.25. The van der Waals surface area contributed by atoms with Gasteiger partial charge in [0.05, 0.1) is 0 Å². The van der Waals surface area contributed by atoms with Crippen LogP contribution in [0, 0.1) is 6.92 Å². The molecule has 3 rings (SSSR count). The van der Waals surface area contributed by atoms with Gasteiger partial charge in [-0.05, 0) is 60.6 Å². The molecule has 1 heteroatoms. The van der Waals surface area contributed by atoms with E-state index in [1.54, 1.807) is 0 Å². The van der Waals surface area contributed by atoms with Crippen LogP contribution in [0.5, 0.6) is 5.75 Å². The molecule has 2 aliphatic carbocycles. The van der Waals surface area contributed by atoms with E-state index < -0.39 is 0 Å². The number of hydrogen-bond donors (Lipinski definition) is 1. The Morgan fingerprint density at radius 1 is 0.727 bits per heavy atom. The van der Waals surface area contributed by atoms with Crippen molar-refractivity contribution in [3.05, 3.63) is 28.8 Å². The smallest absolute Gasteiger partial charge is 0.119 e. The monoisotopic (exact) mass is 300 g/mol. The van der Waals surface area contributed by atoms with E-state index in [1.807, 2.05) is 6.07 Å². The van der Waals surface area contributed by atoms with Gasteiger partial charge in [-0.3, -0.25) is 0 Å². The van der Waals surface area contributed by atoms with Crippen LogP contribution in [0.1, 0.15) is 94.7 Å². The van der Waals surface area contributed by atoms with Gasteiger partial charge in [0.1, 0.15) is 5.75 Å². The Hall–Kier alpha value is -0.980. The molecule has 122 valence electrons. The van der Waals surface area contributed by atoms with E-state index in [0.717, 1.165) is 0 Å². The van der Waals surface area contributed by atoms with Gasteiger partial charge in [0.15, 0.2) is 0 Å². The van der Waals surface area contributed by atoms with Gasteiger partial charge in [-0.2, -0.15) is 0 Å². The minimum Gasteiger partial charge on any atom is -0.508 e. The molecule has 0 unspecified atom stereocenters. The lowest BCUT2D eigenvalue weighted by molar-refractivity contribution is 0.279. The zero-order valence-electron chi connectivity index (χ0n) is 14.7. The molecule has 0 radical (unpaired) electrons. The summed E-state index contributed by atoms with van der Waals surface area (Å²) in [6.45, 7) is 7.10. The third kappa shape index (κ3) is 2.68. The summed E-state index contributed by atoms with van der Waals surface area (Å²) in [6.07, 6.45) is 13.0. The summed E-state index contributed by atoms with van der Waals surface area (Å²) in [5.74, 6) is 0.553. The molecule has 0 amide bonds. The van der Waals surface area contributed by atoms with Crippen LogP contribution < -0.4 is 0 Å². The van der Waals surface area contributed by atoms with E-state index in [9.17, 15) is 5.11 Å². The van der Waals surface area contributed by atoms with Crippen LogP contribution >= 0.6 is 0 Å². The Morgan fingerprint density at radius 3 is 1.68 bits per heavy atom. The maximum Gasteiger partial charge on any atom is 0.119 e. The summed E-state index contributed by atoms with van der Waals surface area (Å²) in [7, 11) is 0. The maximum atomic E-state index is 10.8. The Balaban J connectivity index is 2.14. The lowest BCUT2D eigenvalue weighted by Gasteiger charge is -2.43. The minimum absolute atomic E-state index is 0.171. The number of hydrogen-bond acceptors (Lipinski definition) is 1. The number of rotatable bonds is 2. The highest BCUT2D eigenvalue weighted by molar-refractivity contribution is 5.52. The predicted octanol–water partition coefficient (Wildman–Crippen LogP) is 6.14. The van der Waals surface area contributed by atoms with Crippen molar-refractivity contribution < 1.29 is 5.11 Å². The highest BCUT2D eigenvalue weighted by Crippen LogP contribution is 2.51. The van der Waals surface area contributed by atoms with Crippen molar-refractivity contribution in [2.75, 3.05) is 0 Å². The average Bonchev–Trinajstić information content (AvgIpc) is 2.50. The van der Waals surface area contributed by atoms with Crippen molar-refractivity contribution in [3.63, 3.8) is 0 Å². The van der Waals surface area contributed by atoms with E-state index >= 15 is 0 Å². The quantitative estimate of drug-likeness (QED) is 0.695. The van der Waals surface area contributed by atoms with Crippen LogP contribution in [-0.4, -0.2) is 5.11 Å². The largest absolute Gasteiger partial charge is 0.508 e. The summed E-state index contributed by atoms with van der Waals surface area (Å²) in [5.41, 5.74) is 4.62. The van der Waals surface area contributed by atoms with E-state index in [4.69, 9.17) is 0 Å². The number of aryl methyl sites for hydroxylation is 1. The molecule has 0 aromatic heterocycles. The summed E-state index contributed by atoms with van der Waals surface area (Å²) >= 11 is 0. The molecule has 1 aromatic carbocycles. The van der Waals surface area contributed by atoms with Gasteiger partial charge in [0.2, 0.25) is 0 Å². The minimum atomic E-state index is 0.171. The molecule has 0 spiro atoms. The second-order valence-electron chi connectivity index (χ2n) is 8.39. The topological polar surface area (TPSA) is 20.2 Å². The molecule has 2 fully saturated rings. The van der Waals surface area contributed by atoms with Gasteiger partial charge in [0, 0.05) is 5.56 Å². The molecular formula is C21H32O. The van der Waals surface area contributed by atoms with E-state index in [2.05, 4.69) is 26.8 Å². The molecule has 0 bridgehead atoms. The van der Waals surface area contributed by atoms with Crippen molar-refractivity contribution in [3.8, 4) is 5.75 Å². The lowest BCUT2D eigenvalue weighted by atomic mass is 9.61. The molecule has 1 nitrogen and oxygen atoms in total. The fourth-order valence-electron chi connectivity index (χ4n) is 5.25. The third-order valence-corrected chi connectivity index (χ3v) is 6.51. The Labute approximate surface area is 136 Å². The van der Waals surface area contributed by atoms with Gasteiger partial charge in [-0.15, -0.1) is 0 Å². The zero-order valence-corrected chi connectivity index (χ0v) is 14.7. The Kier molecular flexibility index (Phi) is 4.27. The van der Waals surface area contributed by atoms with Crippen molar-refractivity contribution in [1.82, 2.24) is 0 Å². The van der Waals surface area contributed by atoms with Crippen molar-refractivity contribution in [1.29, 1.82) is 0 Å². The van der Waals surface area contributed by atoms with Gasteiger partial charge in [0.25, 0.3) is 0 Å². The van der Waals surface area contributed by atoms with Gasteiger partial charge in [-0.25, -0.2) is 0 Å². The van der Waals surface area contributed by atoms with Crippen molar-refractivity contribution in [2.24, 2.45) is 0 Å². The van der Waals surface area contributed by atoms with E-state index in [-0.39, 0.29) is 10.8 Å². The first-order chi connectivity index (χ1) is 10.5. The van der Waals surface area contributed by atoms with Crippen molar-refractivity contribution in [2.45, 2.75) is 95.8 Å². The summed E-state index contributed by atoms with van der Waals surface area (Å²) in [5, 5.41) is 10.8. The second-order valence-corrected chi connectivity index (χ2v) is 8.39. The Morgan fingerprint density at radius 2 is 1.18 bits per heavy atom. The van der Waals surface area contributed by atoms with Gasteiger partial charge in [-0.1, -0.05) is 58.4 Å². The Bertz CT molecular complexity index is 482. The third-order valence-electron chi connectivity index (χ3n) is 6.51. The average molecular weight is 300 g/mol. The molecule has 22 heavy (non-hydrogen) atoms. The maximum absolute atomic E-state index is 10.8. The van der Waals surface area contributed by atoms with E-state index in [0.29, 0.717) is 5.75 Å². The van der Waals surface area contributed by atoms with Crippen LogP contribution in [0.3, 0.4) is 0 Å². The van der Waals surface area contributed by atoms with Crippen LogP contribution in [-0.2, 0) is 10.8 Å². The second kappa shape index (κ2) is 5.91. The van der Waals surface area contributed by atoms with E-state index in [1.165, 1.54) is 80.9 Å². The normalized spacial score (nSPS) is 24.1. The molecule has 2 aliphatic rings. The van der Waals surface area contributed by atoms with Crippen LogP contribution in [0.15, 0.2) is 12.1 Å². The van der Waals surface area contributed by atoms with Crippen LogP contribution in [0.4, 0.5) is 0 Å². The first-order valence-electron chi connectivity index (χ1n) is 9.30. The van der Waals surface area contributed by atoms with Crippen LogP contribution in [0.25, 0.3) is 0 Å². The van der Waals surface area contributed by atoms with Gasteiger partial charge >= 0.3 is 0 Å². The molecule has 0 atom stereocenters. The number of phenols is 1. The first-order valence-corrected chi connectivity index (χ1v) is 9.30. The number of benzene rings is 1. The number of phenolic OH excluding ortho intramolecular Hbond substituents is 1. The number of aromatic hydroxyl groups is 1. The molecule has 0 saturated heterocycles. The van der Waals surface area contributed by atoms with Crippen LogP contribution in [0.2, 0.25) is 0 Å². The standard InChI is InChI=1S/C21H32O/c1-16-10-11-17(22)19(21(3)14-8-5-9-15-21)18(16)20(2)12-6-4-7-13-20/h10-11,22H,4-9,12-15H2,1-3H3. The summed E-state index contributed by atoms with van der Waals surface area (Å²) in [6, 6.07) is 4.08. The predicted molar refractivity (Wildman–Crippen MR) is 93.7 cm³/mol. The lowest BCUT2D eigenvalue weighted by Crippen LogP contribution is -2.34. The molecule has 0 heterocycles. The summed E-state index contributed by atoms with van der Waals surface area (Å²) in [4.78, 5) is 0. The summed E-state index contributed by atoms with van der Waals surface area (Å²) < 4.78 is 0. The van der Waals surface area contributed by atoms with Gasteiger partial charge < -0.3 is 5.11 Å².